The fraction of sp³-hybridized carbons (Fsp3) is 0.136. The summed E-state index contributed by atoms with van der Waals surface area (Å²) in [6.07, 6.45) is 2.86. The van der Waals surface area contributed by atoms with Crippen LogP contribution in [0.4, 0.5) is 10.1 Å². The largest absolute Gasteiger partial charge is 0.456 e. The first-order valence-corrected chi connectivity index (χ1v) is 9.76. The molecule has 1 aromatic heterocycles. The van der Waals surface area contributed by atoms with Crippen molar-refractivity contribution >= 4 is 35.0 Å². The fourth-order valence-corrected chi connectivity index (χ4v) is 3.22. The highest BCUT2D eigenvalue weighted by molar-refractivity contribution is 7.09. The third kappa shape index (κ3) is 6.65. The van der Waals surface area contributed by atoms with E-state index in [1.807, 2.05) is 31.2 Å². The number of nitrogens with zero attached hydrogens (tertiary/aromatic N) is 1. The number of rotatable bonds is 7. The summed E-state index contributed by atoms with van der Waals surface area (Å²) in [7, 11) is 0. The molecule has 1 N–H and O–H groups in total. The molecule has 0 fully saturated rings. The molecule has 0 spiro atoms. The third-order valence-electron chi connectivity index (χ3n) is 3.87. The second-order valence-electron chi connectivity index (χ2n) is 6.32. The molecule has 2 aromatic carbocycles. The van der Waals surface area contributed by atoms with Gasteiger partial charge in [-0.25, -0.2) is 14.2 Å². The van der Waals surface area contributed by atoms with E-state index in [9.17, 15) is 14.0 Å². The van der Waals surface area contributed by atoms with Crippen molar-refractivity contribution in [2.75, 3.05) is 5.32 Å². The van der Waals surface area contributed by atoms with E-state index < -0.39 is 5.97 Å². The van der Waals surface area contributed by atoms with Gasteiger partial charge in [-0.3, -0.25) is 4.79 Å². The Hall–Kier alpha value is -3.32. The van der Waals surface area contributed by atoms with Crippen LogP contribution in [0.1, 0.15) is 21.8 Å². The van der Waals surface area contributed by atoms with Gasteiger partial charge in [0.05, 0.1) is 12.1 Å². The molecule has 1 heterocycles. The van der Waals surface area contributed by atoms with Crippen molar-refractivity contribution in [3.05, 3.63) is 87.6 Å². The van der Waals surface area contributed by atoms with E-state index >= 15 is 0 Å². The minimum atomic E-state index is -0.555. The van der Waals surface area contributed by atoms with E-state index in [2.05, 4.69) is 10.3 Å². The zero-order valence-electron chi connectivity index (χ0n) is 15.7. The number of nitrogens with one attached hydrogen (secondary N) is 1. The Morgan fingerprint density at radius 1 is 1.21 bits per heavy atom. The summed E-state index contributed by atoms with van der Waals surface area (Å²) in [5.74, 6) is -1.09. The number of carbonyl (C=O) groups excluding carboxylic acids is 2. The lowest BCUT2D eigenvalue weighted by Crippen LogP contribution is -2.14. The third-order valence-corrected chi connectivity index (χ3v) is 4.77. The number of aryl methyl sites for hydroxylation is 1. The number of benzene rings is 2. The Labute approximate surface area is 171 Å². The highest BCUT2D eigenvalue weighted by Crippen LogP contribution is 2.14. The van der Waals surface area contributed by atoms with Gasteiger partial charge in [0.25, 0.3) is 0 Å². The van der Waals surface area contributed by atoms with E-state index in [0.29, 0.717) is 16.3 Å². The number of hydrogen-bond donors (Lipinski definition) is 1. The predicted molar refractivity (Wildman–Crippen MR) is 111 cm³/mol. The molecule has 0 atom stereocenters. The van der Waals surface area contributed by atoms with Gasteiger partial charge in [0.1, 0.15) is 17.4 Å². The molecule has 1 amide bonds. The summed E-state index contributed by atoms with van der Waals surface area (Å²) < 4.78 is 18.2. The van der Waals surface area contributed by atoms with E-state index in [0.717, 1.165) is 11.3 Å². The second-order valence-corrected chi connectivity index (χ2v) is 7.26. The van der Waals surface area contributed by atoms with Crippen LogP contribution < -0.4 is 5.32 Å². The maximum atomic E-state index is 13.1. The van der Waals surface area contributed by atoms with E-state index in [1.165, 1.54) is 35.6 Å². The number of anilines is 1. The number of hydrogen-bond acceptors (Lipinski definition) is 5. The Kier molecular flexibility index (Phi) is 6.86. The zero-order chi connectivity index (χ0) is 20.6. The molecule has 0 aliphatic carbocycles. The molecular formula is C22H19FN2O3S. The zero-order valence-corrected chi connectivity index (χ0v) is 16.5. The molecule has 0 aliphatic rings. The molecule has 148 valence electrons. The summed E-state index contributed by atoms with van der Waals surface area (Å²) >= 11 is 1.33. The molecule has 0 bridgehead atoms. The average Bonchev–Trinajstić information content (AvgIpc) is 3.14. The molecule has 29 heavy (non-hydrogen) atoms. The van der Waals surface area contributed by atoms with Crippen LogP contribution in [-0.2, 0) is 27.4 Å². The maximum Gasteiger partial charge on any atom is 0.331 e. The Bertz CT molecular complexity index is 1030. The van der Waals surface area contributed by atoms with Gasteiger partial charge in [-0.2, -0.15) is 0 Å². The van der Waals surface area contributed by atoms with Crippen molar-refractivity contribution in [2.45, 2.75) is 20.0 Å². The summed E-state index contributed by atoms with van der Waals surface area (Å²) in [6.45, 7) is 1.98. The molecule has 0 saturated heterocycles. The van der Waals surface area contributed by atoms with Crippen LogP contribution in [0.2, 0.25) is 0 Å². The van der Waals surface area contributed by atoms with Gasteiger partial charge >= 0.3 is 5.97 Å². The first kappa shape index (κ1) is 20.4. The van der Waals surface area contributed by atoms with Gasteiger partial charge in [0.2, 0.25) is 5.91 Å². The average molecular weight is 410 g/mol. The maximum absolute atomic E-state index is 13.1. The summed E-state index contributed by atoms with van der Waals surface area (Å²) in [4.78, 5) is 28.2. The number of amides is 1. The standard InChI is InChI=1S/C22H19FN2O3S/c1-15-5-8-18(9-6-15)24-20(26)12-21-25-19(14-29-21)13-28-22(27)10-7-16-3-2-4-17(23)11-16/h2-11,14H,12-13H2,1H3,(H,24,26)/b10-7+. The lowest BCUT2D eigenvalue weighted by molar-refractivity contribution is -0.139. The van der Waals surface area contributed by atoms with Gasteiger partial charge in [-0.05, 0) is 42.8 Å². The summed E-state index contributed by atoms with van der Waals surface area (Å²) in [5, 5.41) is 5.20. The quantitative estimate of drug-likeness (QED) is 0.459. The van der Waals surface area contributed by atoms with Gasteiger partial charge in [0, 0.05) is 17.1 Å². The number of aromatic nitrogens is 1. The van der Waals surface area contributed by atoms with Crippen LogP contribution in [-0.4, -0.2) is 16.9 Å². The molecule has 0 aliphatic heterocycles. The normalized spacial score (nSPS) is 10.8. The van der Waals surface area contributed by atoms with Crippen LogP contribution in [0.15, 0.2) is 60.0 Å². The molecule has 5 nitrogen and oxygen atoms in total. The second kappa shape index (κ2) is 9.75. The Balaban J connectivity index is 1.46. The molecule has 3 aromatic rings. The number of esters is 1. The first-order chi connectivity index (χ1) is 14.0. The number of ether oxygens (including phenoxy) is 1. The van der Waals surface area contributed by atoms with Crippen molar-refractivity contribution in [3.63, 3.8) is 0 Å². The summed E-state index contributed by atoms with van der Waals surface area (Å²) in [5.41, 5.74) is 2.99. The Morgan fingerprint density at radius 2 is 2.00 bits per heavy atom. The molecule has 7 heteroatoms. The highest BCUT2D eigenvalue weighted by atomic mass is 32.1. The fourth-order valence-electron chi connectivity index (χ4n) is 2.44. The number of carbonyl (C=O) groups is 2. The van der Waals surface area contributed by atoms with Crippen molar-refractivity contribution in [3.8, 4) is 0 Å². The van der Waals surface area contributed by atoms with Gasteiger partial charge in [-0.15, -0.1) is 11.3 Å². The van der Waals surface area contributed by atoms with E-state index in [-0.39, 0.29) is 24.8 Å². The number of halogens is 1. The van der Waals surface area contributed by atoms with Crippen molar-refractivity contribution in [2.24, 2.45) is 0 Å². The minimum absolute atomic E-state index is 0.00239. The monoisotopic (exact) mass is 410 g/mol. The molecule has 0 unspecified atom stereocenters. The Morgan fingerprint density at radius 3 is 2.76 bits per heavy atom. The minimum Gasteiger partial charge on any atom is -0.456 e. The molecule has 0 radical (unpaired) electrons. The lowest BCUT2D eigenvalue weighted by atomic mass is 10.2. The molecule has 3 rings (SSSR count). The van der Waals surface area contributed by atoms with E-state index in [1.54, 1.807) is 17.5 Å². The number of thiazole rings is 1. The van der Waals surface area contributed by atoms with E-state index in [4.69, 9.17) is 4.74 Å². The summed E-state index contributed by atoms with van der Waals surface area (Å²) in [6, 6.07) is 13.4. The van der Waals surface area contributed by atoms with Crippen LogP contribution >= 0.6 is 11.3 Å². The van der Waals surface area contributed by atoms with Gasteiger partial charge in [0.15, 0.2) is 0 Å². The van der Waals surface area contributed by atoms with Crippen LogP contribution in [0.5, 0.6) is 0 Å². The van der Waals surface area contributed by atoms with Gasteiger partial charge in [-0.1, -0.05) is 29.8 Å². The van der Waals surface area contributed by atoms with Crippen LogP contribution in [0, 0.1) is 12.7 Å². The predicted octanol–water partition coefficient (Wildman–Crippen LogP) is 4.53. The topological polar surface area (TPSA) is 68.3 Å². The lowest BCUT2D eigenvalue weighted by Gasteiger charge is -2.04. The first-order valence-electron chi connectivity index (χ1n) is 8.88. The SMILES string of the molecule is Cc1ccc(NC(=O)Cc2nc(COC(=O)/C=C/c3cccc(F)c3)cs2)cc1. The van der Waals surface area contributed by atoms with Crippen molar-refractivity contribution in [1.29, 1.82) is 0 Å². The van der Waals surface area contributed by atoms with Crippen LogP contribution in [0.3, 0.4) is 0 Å². The molecule has 0 saturated carbocycles. The highest BCUT2D eigenvalue weighted by Gasteiger charge is 2.09. The smallest absolute Gasteiger partial charge is 0.331 e. The van der Waals surface area contributed by atoms with Crippen LogP contribution in [0.25, 0.3) is 6.08 Å². The van der Waals surface area contributed by atoms with Gasteiger partial charge < -0.3 is 10.1 Å². The van der Waals surface area contributed by atoms with Crippen molar-refractivity contribution < 1.29 is 18.7 Å². The molecular weight excluding hydrogens is 391 g/mol. The van der Waals surface area contributed by atoms with Crippen molar-refractivity contribution in [1.82, 2.24) is 4.98 Å².